The van der Waals surface area contributed by atoms with Gasteiger partial charge in [0.25, 0.3) is 0 Å². The average molecular weight is 244 g/mol. The van der Waals surface area contributed by atoms with Gasteiger partial charge in [-0.05, 0) is 50.7 Å². The van der Waals surface area contributed by atoms with Crippen molar-refractivity contribution in [3.05, 3.63) is 0 Å². The SMILES string of the molecule is CCCCN(C(CN)CCCSC)C1CC1. The molecule has 16 heavy (non-hydrogen) atoms. The molecule has 0 saturated heterocycles. The summed E-state index contributed by atoms with van der Waals surface area (Å²) >= 11 is 1.95. The van der Waals surface area contributed by atoms with Crippen LogP contribution >= 0.6 is 11.8 Å². The molecular formula is C13H28N2S. The number of hydrogen-bond donors (Lipinski definition) is 1. The van der Waals surface area contributed by atoms with Crippen LogP contribution in [-0.4, -0.2) is 42.1 Å². The van der Waals surface area contributed by atoms with E-state index in [0.29, 0.717) is 6.04 Å². The molecule has 0 radical (unpaired) electrons. The molecule has 0 aliphatic heterocycles. The molecule has 1 aliphatic carbocycles. The van der Waals surface area contributed by atoms with E-state index in [-0.39, 0.29) is 0 Å². The summed E-state index contributed by atoms with van der Waals surface area (Å²) in [6.45, 7) is 4.38. The molecule has 0 spiro atoms. The second-order valence-electron chi connectivity index (χ2n) is 4.85. The van der Waals surface area contributed by atoms with Gasteiger partial charge in [0.2, 0.25) is 0 Å². The smallest absolute Gasteiger partial charge is 0.0221 e. The Morgan fingerprint density at radius 1 is 1.38 bits per heavy atom. The molecule has 1 saturated carbocycles. The topological polar surface area (TPSA) is 29.3 Å². The molecule has 2 nitrogen and oxygen atoms in total. The molecule has 0 aromatic carbocycles. The number of rotatable bonds is 10. The van der Waals surface area contributed by atoms with Crippen LogP contribution in [0.5, 0.6) is 0 Å². The molecule has 3 heteroatoms. The highest BCUT2D eigenvalue weighted by Crippen LogP contribution is 2.30. The van der Waals surface area contributed by atoms with Crippen molar-refractivity contribution in [2.75, 3.05) is 25.1 Å². The fourth-order valence-corrected chi connectivity index (χ4v) is 2.75. The van der Waals surface area contributed by atoms with E-state index in [0.717, 1.165) is 12.6 Å². The molecule has 96 valence electrons. The highest BCUT2D eigenvalue weighted by atomic mass is 32.2. The maximum absolute atomic E-state index is 5.94. The van der Waals surface area contributed by atoms with Gasteiger partial charge in [-0.1, -0.05) is 13.3 Å². The molecule has 0 heterocycles. The minimum atomic E-state index is 0.645. The number of unbranched alkanes of at least 4 members (excludes halogenated alkanes) is 1. The molecule has 0 aromatic heterocycles. The summed E-state index contributed by atoms with van der Waals surface area (Å²) < 4.78 is 0. The van der Waals surface area contributed by atoms with E-state index >= 15 is 0 Å². The predicted molar refractivity (Wildman–Crippen MR) is 75.1 cm³/mol. The van der Waals surface area contributed by atoms with Crippen LogP contribution in [0.25, 0.3) is 0 Å². The van der Waals surface area contributed by atoms with Crippen molar-refractivity contribution in [3.63, 3.8) is 0 Å². The largest absolute Gasteiger partial charge is 0.329 e. The minimum Gasteiger partial charge on any atom is -0.329 e. The number of nitrogens with two attached hydrogens (primary N) is 1. The van der Waals surface area contributed by atoms with Gasteiger partial charge in [0.1, 0.15) is 0 Å². The van der Waals surface area contributed by atoms with Crippen LogP contribution in [0.1, 0.15) is 45.4 Å². The van der Waals surface area contributed by atoms with E-state index in [4.69, 9.17) is 5.73 Å². The number of nitrogens with zero attached hydrogens (tertiary/aromatic N) is 1. The molecule has 1 fully saturated rings. The first-order valence-electron chi connectivity index (χ1n) is 6.78. The fourth-order valence-electron chi connectivity index (χ4n) is 2.29. The summed E-state index contributed by atoms with van der Waals surface area (Å²) in [5, 5.41) is 0. The summed E-state index contributed by atoms with van der Waals surface area (Å²) in [6, 6.07) is 1.51. The maximum atomic E-state index is 5.94. The molecule has 1 unspecified atom stereocenters. The third-order valence-electron chi connectivity index (χ3n) is 3.41. The Morgan fingerprint density at radius 2 is 2.12 bits per heavy atom. The first-order chi connectivity index (χ1) is 7.83. The number of hydrogen-bond acceptors (Lipinski definition) is 3. The highest BCUT2D eigenvalue weighted by molar-refractivity contribution is 7.98. The molecule has 1 aliphatic rings. The van der Waals surface area contributed by atoms with E-state index in [1.54, 1.807) is 0 Å². The van der Waals surface area contributed by atoms with Gasteiger partial charge in [0.15, 0.2) is 0 Å². The zero-order chi connectivity index (χ0) is 11.8. The first kappa shape index (κ1) is 14.3. The zero-order valence-corrected chi connectivity index (χ0v) is 11.8. The quantitative estimate of drug-likeness (QED) is 0.599. The Morgan fingerprint density at radius 3 is 2.62 bits per heavy atom. The first-order valence-corrected chi connectivity index (χ1v) is 8.17. The van der Waals surface area contributed by atoms with Crippen molar-refractivity contribution >= 4 is 11.8 Å². The summed E-state index contributed by atoms with van der Waals surface area (Å²) in [6.07, 6.45) is 10.2. The lowest BCUT2D eigenvalue weighted by atomic mass is 10.1. The third-order valence-corrected chi connectivity index (χ3v) is 4.11. The van der Waals surface area contributed by atoms with Crippen LogP contribution in [-0.2, 0) is 0 Å². The molecule has 2 N–H and O–H groups in total. The van der Waals surface area contributed by atoms with Gasteiger partial charge in [0, 0.05) is 18.6 Å². The molecule has 0 amide bonds. The van der Waals surface area contributed by atoms with E-state index in [1.165, 1.54) is 50.8 Å². The van der Waals surface area contributed by atoms with Gasteiger partial charge >= 0.3 is 0 Å². The monoisotopic (exact) mass is 244 g/mol. The zero-order valence-electron chi connectivity index (χ0n) is 11.0. The Hall–Kier alpha value is 0.270. The minimum absolute atomic E-state index is 0.645. The summed E-state index contributed by atoms with van der Waals surface area (Å²) in [5.41, 5.74) is 5.94. The van der Waals surface area contributed by atoms with Gasteiger partial charge in [-0.25, -0.2) is 0 Å². The molecule has 1 atom stereocenters. The average Bonchev–Trinajstić information content (AvgIpc) is 3.11. The van der Waals surface area contributed by atoms with Crippen molar-refractivity contribution in [1.82, 2.24) is 4.90 Å². The van der Waals surface area contributed by atoms with Crippen molar-refractivity contribution in [3.8, 4) is 0 Å². The van der Waals surface area contributed by atoms with Crippen molar-refractivity contribution in [1.29, 1.82) is 0 Å². The molecule has 0 bridgehead atoms. The predicted octanol–water partition coefficient (Wildman–Crippen LogP) is 2.72. The summed E-state index contributed by atoms with van der Waals surface area (Å²) in [7, 11) is 0. The summed E-state index contributed by atoms with van der Waals surface area (Å²) in [4.78, 5) is 2.70. The fraction of sp³-hybridized carbons (Fsp3) is 1.00. The summed E-state index contributed by atoms with van der Waals surface area (Å²) in [5.74, 6) is 1.28. The van der Waals surface area contributed by atoms with Crippen LogP contribution in [0.3, 0.4) is 0 Å². The Kier molecular flexibility index (Phi) is 7.50. The standard InChI is InChI=1S/C13H28N2S/c1-3-4-9-15(12-7-8-12)13(11-14)6-5-10-16-2/h12-13H,3-11,14H2,1-2H3. The van der Waals surface area contributed by atoms with Gasteiger partial charge in [-0.3, -0.25) is 4.90 Å². The third kappa shape index (κ3) is 5.07. The van der Waals surface area contributed by atoms with Crippen molar-refractivity contribution in [2.45, 2.75) is 57.5 Å². The Labute approximate surface area is 105 Å². The van der Waals surface area contributed by atoms with Gasteiger partial charge in [0.05, 0.1) is 0 Å². The van der Waals surface area contributed by atoms with E-state index in [2.05, 4.69) is 18.1 Å². The lowest BCUT2D eigenvalue weighted by Crippen LogP contribution is -2.42. The lowest BCUT2D eigenvalue weighted by molar-refractivity contribution is 0.177. The van der Waals surface area contributed by atoms with Gasteiger partial charge in [-0.15, -0.1) is 0 Å². The van der Waals surface area contributed by atoms with Crippen LogP contribution in [0.4, 0.5) is 0 Å². The van der Waals surface area contributed by atoms with E-state index in [9.17, 15) is 0 Å². The molecular weight excluding hydrogens is 216 g/mol. The normalized spacial score (nSPS) is 18.0. The number of thioether (sulfide) groups is 1. The van der Waals surface area contributed by atoms with Crippen molar-refractivity contribution in [2.24, 2.45) is 5.73 Å². The highest BCUT2D eigenvalue weighted by Gasteiger charge is 2.32. The van der Waals surface area contributed by atoms with Crippen LogP contribution in [0, 0.1) is 0 Å². The van der Waals surface area contributed by atoms with Gasteiger partial charge in [-0.2, -0.15) is 11.8 Å². The van der Waals surface area contributed by atoms with E-state index < -0.39 is 0 Å². The van der Waals surface area contributed by atoms with Crippen LogP contribution in [0.2, 0.25) is 0 Å². The second-order valence-corrected chi connectivity index (χ2v) is 5.83. The molecule has 0 aromatic rings. The van der Waals surface area contributed by atoms with E-state index in [1.807, 2.05) is 11.8 Å². The maximum Gasteiger partial charge on any atom is 0.0221 e. The van der Waals surface area contributed by atoms with Crippen LogP contribution in [0.15, 0.2) is 0 Å². The second kappa shape index (κ2) is 8.37. The van der Waals surface area contributed by atoms with Gasteiger partial charge < -0.3 is 5.73 Å². The van der Waals surface area contributed by atoms with Crippen LogP contribution < -0.4 is 5.73 Å². The Bertz CT molecular complexity index is 171. The van der Waals surface area contributed by atoms with Crippen molar-refractivity contribution < 1.29 is 0 Å². The lowest BCUT2D eigenvalue weighted by Gasteiger charge is -2.31. The molecule has 1 rings (SSSR count). The Balaban J connectivity index is 2.32.